The van der Waals surface area contributed by atoms with Crippen LogP contribution >= 0.6 is 0 Å². The molecular formula is C12H13N3O. The summed E-state index contributed by atoms with van der Waals surface area (Å²) in [7, 11) is 0. The summed E-state index contributed by atoms with van der Waals surface area (Å²) in [6.07, 6.45) is 3.73. The first-order valence-corrected chi connectivity index (χ1v) is 5.36. The highest BCUT2D eigenvalue weighted by Gasteiger charge is 2.20. The Balaban J connectivity index is 1.99. The molecule has 16 heavy (non-hydrogen) atoms. The molecule has 1 fully saturated rings. The Morgan fingerprint density at radius 2 is 2.00 bits per heavy atom. The molecule has 0 aliphatic carbocycles. The zero-order chi connectivity index (χ0) is 11.0. The molecule has 4 heteroatoms. The van der Waals surface area contributed by atoms with Crippen LogP contribution in [0.4, 0.5) is 0 Å². The van der Waals surface area contributed by atoms with Crippen molar-refractivity contribution >= 4 is 0 Å². The van der Waals surface area contributed by atoms with Crippen molar-refractivity contribution in [1.29, 1.82) is 0 Å². The van der Waals surface area contributed by atoms with E-state index in [0.29, 0.717) is 11.8 Å². The maximum atomic E-state index is 9.26. The van der Waals surface area contributed by atoms with E-state index >= 15 is 0 Å². The zero-order valence-electron chi connectivity index (χ0n) is 8.80. The average molecular weight is 215 g/mol. The summed E-state index contributed by atoms with van der Waals surface area (Å²) in [6, 6.07) is 7.73. The SMILES string of the molecule is Oc1ccc(-c2cncn2C2CNC2)cc1. The van der Waals surface area contributed by atoms with Crippen LogP contribution in [-0.4, -0.2) is 27.7 Å². The van der Waals surface area contributed by atoms with Gasteiger partial charge in [0.25, 0.3) is 0 Å². The third-order valence-corrected chi connectivity index (χ3v) is 2.98. The Labute approximate surface area is 93.6 Å². The number of imidazole rings is 1. The summed E-state index contributed by atoms with van der Waals surface area (Å²) < 4.78 is 2.18. The molecule has 4 nitrogen and oxygen atoms in total. The maximum absolute atomic E-state index is 9.26. The van der Waals surface area contributed by atoms with E-state index in [2.05, 4.69) is 14.9 Å². The molecule has 1 aliphatic rings. The van der Waals surface area contributed by atoms with Gasteiger partial charge in [0.1, 0.15) is 5.75 Å². The van der Waals surface area contributed by atoms with Crippen molar-refractivity contribution in [2.45, 2.75) is 6.04 Å². The summed E-state index contributed by atoms with van der Waals surface area (Å²) in [6.45, 7) is 2.00. The molecule has 0 unspecified atom stereocenters. The fourth-order valence-electron chi connectivity index (χ4n) is 1.92. The zero-order valence-corrected chi connectivity index (χ0v) is 8.80. The van der Waals surface area contributed by atoms with E-state index in [4.69, 9.17) is 0 Å². The number of nitrogens with zero attached hydrogens (tertiary/aromatic N) is 2. The van der Waals surface area contributed by atoms with Crippen molar-refractivity contribution in [3.63, 3.8) is 0 Å². The van der Waals surface area contributed by atoms with Crippen LogP contribution in [0.3, 0.4) is 0 Å². The molecule has 1 aromatic heterocycles. The minimum Gasteiger partial charge on any atom is -0.508 e. The molecule has 0 saturated carbocycles. The Kier molecular flexibility index (Phi) is 2.15. The second-order valence-electron chi connectivity index (χ2n) is 4.05. The number of phenolic OH excluding ortho intramolecular Hbond substituents is 1. The fraction of sp³-hybridized carbons (Fsp3) is 0.250. The van der Waals surface area contributed by atoms with Crippen molar-refractivity contribution in [3.05, 3.63) is 36.8 Å². The van der Waals surface area contributed by atoms with Gasteiger partial charge in [-0.3, -0.25) is 0 Å². The van der Waals surface area contributed by atoms with Gasteiger partial charge < -0.3 is 15.0 Å². The molecule has 2 N–H and O–H groups in total. The summed E-state index contributed by atoms with van der Waals surface area (Å²) in [5.74, 6) is 0.292. The highest BCUT2D eigenvalue weighted by atomic mass is 16.3. The lowest BCUT2D eigenvalue weighted by Gasteiger charge is -2.29. The lowest BCUT2D eigenvalue weighted by atomic mass is 10.1. The molecule has 2 heterocycles. The predicted octanol–water partition coefficient (Wildman–Crippen LogP) is 1.40. The fourth-order valence-corrected chi connectivity index (χ4v) is 1.92. The number of phenols is 1. The molecule has 3 rings (SSSR count). The van der Waals surface area contributed by atoms with Crippen LogP contribution in [0.1, 0.15) is 6.04 Å². The number of hydrogen-bond acceptors (Lipinski definition) is 3. The molecule has 82 valence electrons. The van der Waals surface area contributed by atoms with Crippen molar-refractivity contribution in [2.75, 3.05) is 13.1 Å². The van der Waals surface area contributed by atoms with Crippen LogP contribution in [0.5, 0.6) is 5.75 Å². The van der Waals surface area contributed by atoms with Crippen LogP contribution in [0, 0.1) is 0 Å². The topological polar surface area (TPSA) is 50.1 Å². The number of hydrogen-bond donors (Lipinski definition) is 2. The average Bonchev–Trinajstić information content (AvgIpc) is 2.65. The van der Waals surface area contributed by atoms with Crippen molar-refractivity contribution in [2.24, 2.45) is 0 Å². The van der Waals surface area contributed by atoms with Crippen molar-refractivity contribution < 1.29 is 5.11 Å². The third-order valence-electron chi connectivity index (χ3n) is 2.98. The quantitative estimate of drug-likeness (QED) is 0.796. The maximum Gasteiger partial charge on any atom is 0.115 e. The number of benzene rings is 1. The van der Waals surface area contributed by atoms with Gasteiger partial charge in [-0.15, -0.1) is 0 Å². The standard InChI is InChI=1S/C12H13N3O/c16-11-3-1-9(2-4-11)12-7-14-8-15(12)10-5-13-6-10/h1-4,7-8,10,13,16H,5-6H2. The van der Waals surface area contributed by atoms with Crippen LogP contribution in [-0.2, 0) is 0 Å². The molecular weight excluding hydrogens is 202 g/mol. The first kappa shape index (κ1) is 9.42. The molecule has 1 saturated heterocycles. The van der Waals surface area contributed by atoms with E-state index in [1.54, 1.807) is 12.1 Å². The predicted molar refractivity (Wildman–Crippen MR) is 61.2 cm³/mol. The van der Waals surface area contributed by atoms with Crippen LogP contribution in [0.15, 0.2) is 36.8 Å². The van der Waals surface area contributed by atoms with E-state index in [-0.39, 0.29) is 0 Å². The van der Waals surface area contributed by atoms with E-state index in [1.165, 1.54) is 0 Å². The number of nitrogens with one attached hydrogen (secondary N) is 1. The molecule has 1 aromatic carbocycles. The summed E-state index contributed by atoms with van der Waals surface area (Å²) in [5.41, 5.74) is 2.19. The van der Waals surface area contributed by atoms with Gasteiger partial charge in [-0.2, -0.15) is 0 Å². The molecule has 0 radical (unpaired) electrons. The van der Waals surface area contributed by atoms with Crippen molar-refractivity contribution in [1.82, 2.24) is 14.9 Å². The van der Waals surface area contributed by atoms with Crippen LogP contribution in [0.25, 0.3) is 11.3 Å². The highest BCUT2D eigenvalue weighted by molar-refractivity contribution is 5.60. The lowest BCUT2D eigenvalue weighted by molar-refractivity contribution is 0.346. The monoisotopic (exact) mass is 215 g/mol. The molecule has 0 spiro atoms. The smallest absolute Gasteiger partial charge is 0.115 e. The van der Waals surface area contributed by atoms with Crippen molar-refractivity contribution in [3.8, 4) is 17.0 Å². The van der Waals surface area contributed by atoms with E-state index in [9.17, 15) is 5.11 Å². The first-order chi connectivity index (χ1) is 7.84. The molecule has 2 aromatic rings. The molecule has 1 aliphatic heterocycles. The summed E-state index contributed by atoms with van der Waals surface area (Å²) >= 11 is 0. The van der Waals surface area contributed by atoms with Gasteiger partial charge in [0.15, 0.2) is 0 Å². The number of rotatable bonds is 2. The van der Waals surface area contributed by atoms with Gasteiger partial charge in [-0.25, -0.2) is 4.98 Å². The van der Waals surface area contributed by atoms with Crippen LogP contribution < -0.4 is 5.32 Å². The first-order valence-electron chi connectivity index (χ1n) is 5.36. The van der Waals surface area contributed by atoms with Gasteiger partial charge in [0.2, 0.25) is 0 Å². The molecule has 0 bridgehead atoms. The number of aromatic hydroxyl groups is 1. The summed E-state index contributed by atoms with van der Waals surface area (Å²) in [5, 5.41) is 12.5. The van der Waals surface area contributed by atoms with Gasteiger partial charge in [0, 0.05) is 18.7 Å². The largest absolute Gasteiger partial charge is 0.508 e. The Morgan fingerprint density at radius 1 is 1.25 bits per heavy atom. The van der Waals surface area contributed by atoms with Crippen LogP contribution in [0.2, 0.25) is 0 Å². The minimum atomic E-state index is 0.292. The van der Waals surface area contributed by atoms with E-state index in [1.807, 2.05) is 24.7 Å². The third kappa shape index (κ3) is 1.47. The Hall–Kier alpha value is -1.81. The normalized spacial score (nSPS) is 16.0. The molecule has 0 atom stereocenters. The van der Waals surface area contributed by atoms with Gasteiger partial charge >= 0.3 is 0 Å². The van der Waals surface area contributed by atoms with Gasteiger partial charge in [-0.05, 0) is 24.3 Å². The lowest BCUT2D eigenvalue weighted by Crippen LogP contribution is -2.43. The van der Waals surface area contributed by atoms with E-state index < -0.39 is 0 Å². The van der Waals surface area contributed by atoms with Gasteiger partial charge in [0.05, 0.1) is 24.3 Å². The molecule has 0 amide bonds. The Morgan fingerprint density at radius 3 is 2.62 bits per heavy atom. The second kappa shape index (κ2) is 3.64. The van der Waals surface area contributed by atoms with E-state index in [0.717, 1.165) is 24.3 Å². The number of aromatic nitrogens is 2. The summed E-state index contributed by atoms with van der Waals surface area (Å²) in [4.78, 5) is 4.20. The highest BCUT2D eigenvalue weighted by Crippen LogP contribution is 2.25. The van der Waals surface area contributed by atoms with Gasteiger partial charge in [-0.1, -0.05) is 0 Å². The second-order valence-corrected chi connectivity index (χ2v) is 4.05. The Bertz CT molecular complexity index is 485. The minimum absolute atomic E-state index is 0.292.